The van der Waals surface area contributed by atoms with Gasteiger partial charge in [0.1, 0.15) is 0 Å². The van der Waals surface area contributed by atoms with E-state index in [1.807, 2.05) is 6.92 Å². The van der Waals surface area contributed by atoms with E-state index in [2.05, 4.69) is 0 Å². The quantitative estimate of drug-likeness (QED) is 0.585. The van der Waals surface area contributed by atoms with E-state index in [1.165, 1.54) is 22.8 Å². The summed E-state index contributed by atoms with van der Waals surface area (Å²) in [5, 5.41) is 10.5. The summed E-state index contributed by atoms with van der Waals surface area (Å²) in [7, 11) is 0. The lowest BCUT2D eigenvalue weighted by molar-refractivity contribution is -0.384. The van der Waals surface area contributed by atoms with Gasteiger partial charge in [-0.05, 0) is 24.6 Å². The van der Waals surface area contributed by atoms with Crippen molar-refractivity contribution in [1.82, 2.24) is 4.57 Å². The fourth-order valence-corrected chi connectivity index (χ4v) is 1.53. The molecule has 1 aromatic carbocycles. The number of rotatable bonds is 2. The fraction of sp³-hybridized carbons (Fsp3) is 0.0833. The third kappa shape index (κ3) is 2.23. The zero-order valence-corrected chi connectivity index (χ0v) is 9.16. The Balaban J connectivity index is 2.50. The molecular formula is C12H10N2O3. The third-order valence-corrected chi connectivity index (χ3v) is 2.40. The topological polar surface area (TPSA) is 65.1 Å². The second kappa shape index (κ2) is 4.21. The first-order chi connectivity index (χ1) is 8.08. The number of nitro benzene ring substituents is 1. The number of hydrogen-bond acceptors (Lipinski definition) is 3. The van der Waals surface area contributed by atoms with Crippen molar-refractivity contribution in [3.63, 3.8) is 0 Å². The van der Waals surface area contributed by atoms with Gasteiger partial charge in [-0.15, -0.1) is 0 Å². The monoisotopic (exact) mass is 230 g/mol. The van der Waals surface area contributed by atoms with Gasteiger partial charge in [-0.25, -0.2) is 0 Å². The van der Waals surface area contributed by atoms with Gasteiger partial charge in [0.15, 0.2) is 0 Å². The Labute approximate surface area is 97.1 Å². The lowest BCUT2D eigenvalue weighted by atomic mass is 10.2. The van der Waals surface area contributed by atoms with Crippen LogP contribution in [0.25, 0.3) is 5.69 Å². The van der Waals surface area contributed by atoms with Crippen molar-refractivity contribution in [1.29, 1.82) is 0 Å². The van der Waals surface area contributed by atoms with Crippen LogP contribution in [0.2, 0.25) is 0 Å². The van der Waals surface area contributed by atoms with E-state index in [-0.39, 0.29) is 11.2 Å². The molecule has 0 aliphatic carbocycles. The summed E-state index contributed by atoms with van der Waals surface area (Å²) < 4.78 is 1.46. The predicted octanol–water partition coefficient (Wildman–Crippen LogP) is 2.05. The summed E-state index contributed by atoms with van der Waals surface area (Å²) in [4.78, 5) is 21.7. The van der Waals surface area contributed by atoms with Crippen LogP contribution in [-0.4, -0.2) is 9.49 Å². The molecule has 0 atom stereocenters. The summed E-state index contributed by atoms with van der Waals surface area (Å²) >= 11 is 0. The Bertz CT molecular complexity index is 614. The van der Waals surface area contributed by atoms with Crippen LogP contribution >= 0.6 is 0 Å². The Morgan fingerprint density at radius 2 is 1.76 bits per heavy atom. The normalized spacial score (nSPS) is 10.2. The molecule has 0 aliphatic rings. The molecule has 2 rings (SSSR count). The standard InChI is InChI=1S/C12H10N2O3/c1-9-2-7-12(15)13(8-9)10-3-5-11(6-4-10)14(16)17/h2-8H,1H3. The zero-order chi connectivity index (χ0) is 12.4. The van der Waals surface area contributed by atoms with Gasteiger partial charge in [0, 0.05) is 30.1 Å². The molecule has 0 N–H and O–H groups in total. The molecule has 0 saturated carbocycles. The van der Waals surface area contributed by atoms with E-state index in [0.717, 1.165) is 5.56 Å². The van der Waals surface area contributed by atoms with Crippen LogP contribution in [0, 0.1) is 17.0 Å². The molecule has 0 radical (unpaired) electrons. The molecule has 0 fully saturated rings. The number of hydrogen-bond donors (Lipinski definition) is 0. The van der Waals surface area contributed by atoms with Gasteiger partial charge >= 0.3 is 0 Å². The highest BCUT2D eigenvalue weighted by Crippen LogP contribution is 2.14. The van der Waals surface area contributed by atoms with E-state index in [0.29, 0.717) is 5.69 Å². The van der Waals surface area contributed by atoms with Crippen molar-refractivity contribution < 1.29 is 4.92 Å². The van der Waals surface area contributed by atoms with Crippen molar-refractivity contribution in [3.8, 4) is 5.69 Å². The van der Waals surface area contributed by atoms with Crippen LogP contribution in [0.3, 0.4) is 0 Å². The van der Waals surface area contributed by atoms with Crippen molar-refractivity contribution in [2.75, 3.05) is 0 Å². The highest BCUT2D eigenvalue weighted by molar-refractivity contribution is 5.41. The molecule has 1 aromatic heterocycles. The molecule has 2 aromatic rings. The number of nitrogens with zero attached hydrogens (tertiary/aromatic N) is 2. The summed E-state index contributed by atoms with van der Waals surface area (Å²) in [6.45, 7) is 1.88. The Hall–Kier alpha value is -2.43. The second-order valence-corrected chi connectivity index (χ2v) is 3.69. The van der Waals surface area contributed by atoms with Gasteiger partial charge in [0.05, 0.1) is 4.92 Å². The fourth-order valence-electron chi connectivity index (χ4n) is 1.53. The van der Waals surface area contributed by atoms with Crippen molar-refractivity contribution in [3.05, 3.63) is 68.6 Å². The van der Waals surface area contributed by atoms with Crippen LogP contribution in [0.4, 0.5) is 5.69 Å². The van der Waals surface area contributed by atoms with E-state index in [1.54, 1.807) is 24.4 Å². The van der Waals surface area contributed by atoms with Crippen molar-refractivity contribution in [2.45, 2.75) is 6.92 Å². The van der Waals surface area contributed by atoms with E-state index < -0.39 is 4.92 Å². The first-order valence-electron chi connectivity index (χ1n) is 5.02. The Kier molecular flexibility index (Phi) is 2.74. The van der Waals surface area contributed by atoms with E-state index >= 15 is 0 Å². The Morgan fingerprint density at radius 1 is 1.12 bits per heavy atom. The largest absolute Gasteiger partial charge is 0.284 e. The van der Waals surface area contributed by atoms with Gasteiger partial charge < -0.3 is 0 Å². The average molecular weight is 230 g/mol. The van der Waals surface area contributed by atoms with Crippen molar-refractivity contribution in [2.24, 2.45) is 0 Å². The molecule has 0 spiro atoms. The lowest BCUT2D eigenvalue weighted by Gasteiger charge is -2.05. The zero-order valence-electron chi connectivity index (χ0n) is 9.16. The average Bonchev–Trinajstić information content (AvgIpc) is 2.32. The SMILES string of the molecule is Cc1ccc(=O)n(-c2ccc([N+](=O)[O-])cc2)c1. The highest BCUT2D eigenvalue weighted by Gasteiger charge is 2.05. The molecule has 0 bridgehead atoms. The minimum Gasteiger partial charge on any atom is -0.284 e. The molecule has 5 heteroatoms. The summed E-state index contributed by atoms with van der Waals surface area (Å²) in [6.07, 6.45) is 1.70. The van der Waals surface area contributed by atoms with Crippen LogP contribution in [-0.2, 0) is 0 Å². The first-order valence-corrected chi connectivity index (χ1v) is 5.02. The van der Waals surface area contributed by atoms with Crippen LogP contribution in [0.15, 0.2) is 47.4 Å². The number of benzene rings is 1. The van der Waals surface area contributed by atoms with Gasteiger partial charge in [-0.3, -0.25) is 19.5 Å². The molecule has 17 heavy (non-hydrogen) atoms. The molecule has 5 nitrogen and oxygen atoms in total. The number of aryl methyl sites for hydroxylation is 1. The number of pyridine rings is 1. The lowest BCUT2D eigenvalue weighted by Crippen LogP contribution is -2.16. The van der Waals surface area contributed by atoms with Crippen LogP contribution in [0.1, 0.15) is 5.56 Å². The number of non-ortho nitro benzene ring substituents is 1. The van der Waals surface area contributed by atoms with Crippen LogP contribution < -0.4 is 5.56 Å². The number of nitro groups is 1. The molecule has 0 saturated heterocycles. The predicted molar refractivity (Wildman–Crippen MR) is 63.4 cm³/mol. The maximum absolute atomic E-state index is 11.6. The molecule has 86 valence electrons. The molecule has 0 unspecified atom stereocenters. The third-order valence-electron chi connectivity index (χ3n) is 2.40. The first kappa shape index (κ1) is 11.1. The van der Waals surface area contributed by atoms with Crippen LogP contribution in [0.5, 0.6) is 0 Å². The molecule has 0 aliphatic heterocycles. The molecule has 0 amide bonds. The number of aromatic nitrogens is 1. The van der Waals surface area contributed by atoms with Crippen molar-refractivity contribution >= 4 is 5.69 Å². The van der Waals surface area contributed by atoms with Gasteiger partial charge in [0.2, 0.25) is 0 Å². The highest BCUT2D eigenvalue weighted by atomic mass is 16.6. The van der Waals surface area contributed by atoms with E-state index in [4.69, 9.17) is 0 Å². The summed E-state index contributed by atoms with van der Waals surface area (Å²) in [5.41, 5.74) is 1.41. The van der Waals surface area contributed by atoms with E-state index in [9.17, 15) is 14.9 Å². The van der Waals surface area contributed by atoms with Gasteiger partial charge in [0.25, 0.3) is 11.2 Å². The molecule has 1 heterocycles. The summed E-state index contributed by atoms with van der Waals surface area (Å²) in [5.74, 6) is 0. The smallest absolute Gasteiger partial charge is 0.269 e. The minimum atomic E-state index is -0.469. The summed E-state index contributed by atoms with van der Waals surface area (Å²) in [6, 6.07) is 9.06. The maximum Gasteiger partial charge on any atom is 0.269 e. The minimum absolute atomic E-state index is 0.00875. The Morgan fingerprint density at radius 3 is 2.35 bits per heavy atom. The maximum atomic E-state index is 11.6. The molecular weight excluding hydrogens is 220 g/mol. The second-order valence-electron chi connectivity index (χ2n) is 3.69. The van der Waals surface area contributed by atoms with Gasteiger partial charge in [-0.1, -0.05) is 6.07 Å². The van der Waals surface area contributed by atoms with Gasteiger partial charge in [-0.2, -0.15) is 0 Å².